The van der Waals surface area contributed by atoms with E-state index in [0.29, 0.717) is 23.4 Å². The predicted molar refractivity (Wildman–Crippen MR) is 85.4 cm³/mol. The van der Waals surface area contributed by atoms with Gasteiger partial charge >= 0.3 is 5.97 Å². The van der Waals surface area contributed by atoms with Crippen LogP contribution in [0.3, 0.4) is 0 Å². The predicted octanol–water partition coefficient (Wildman–Crippen LogP) is 2.68. The summed E-state index contributed by atoms with van der Waals surface area (Å²) in [7, 11) is 2.14. The maximum atomic E-state index is 11.9. The van der Waals surface area contributed by atoms with E-state index in [0.717, 1.165) is 38.8 Å². The molecule has 21 heavy (non-hydrogen) atoms. The minimum Gasteiger partial charge on any atom is -0.480 e. The molecule has 0 aromatic heterocycles. The molecular formula is C17H32N2O2. The Kier molecular flexibility index (Phi) is 4.99. The zero-order valence-electron chi connectivity index (χ0n) is 14.3. The van der Waals surface area contributed by atoms with E-state index < -0.39 is 5.97 Å². The molecule has 0 aromatic rings. The largest absolute Gasteiger partial charge is 0.480 e. The van der Waals surface area contributed by atoms with E-state index in [2.05, 4.69) is 44.5 Å². The Hall–Kier alpha value is -0.610. The second-order valence-electron chi connectivity index (χ2n) is 8.10. The van der Waals surface area contributed by atoms with Crippen molar-refractivity contribution in [3.63, 3.8) is 0 Å². The third-order valence-electron chi connectivity index (χ3n) is 5.86. The number of carbonyl (C=O) groups is 1. The lowest BCUT2D eigenvalue weighted by atomic mass is 9.70. The van der Waals surface area contributed by atoms with Crippen LogP contribution in [0.4, 0.5) is 0 Å². The fraction of sp³-hybridized carbons (Fsp3) is 0.941. The Morgan fingerprint density at radius 1 is 1.14 bits per heavy atom. The van der Waals surface area contributed by atoms with Gasteiger partial charge in [0.15, 0.2) is 0 Å². The number of rotatable bonds is 3. The summed E-state index contributed by atoms with van der Waals surface area (Å²) in [5.74, 6) is -0.304. The summed E-state index contributed by atoms with van der Waals surface area (Å²) in [5.41, 5.74) is 0.391. The van der Waals surface area contributed by atoms with Crippen molar-refractivity contribution in [3.05, 3.63) is 0 Å². The zero-order valence-corrected chi connectivity index (χ0v) is 14.3. The molecule has 2 rings (SSSR count). The van der Waals surface area contributed by atoms with Gasteiger partial charge in [-0.1, -0.05) is 13.8 Å². The summed E-state index contributed by atoms with van der Waals surface area (Å²) in [5, 5.41) is 9.79. The Bertz CT molecular complexity index is 361. The molecule has 1 aliphatic carbocycles. The molecule has 1 unspecified atom stereocenters. The summed E-state index contributed by atoms with van der Waals surface area (Å²) >= 11 is 0. The quantitative estimate of drug-likeness (QED) is 0.869. The fourth-order valence-corrected chi connectivity index (χ4v) is 4.07. The van der Waals surface area contributed by atoms with Gasteiger partial charge in [-0.05, 0) is 57.9 Å². The van der Waals surface area contributed by atoms with Gasteiger partial charge in [0.05, 0.1) is 0 Å². The molecule has 1 N–H and O–H groups in total. The maximum absolute atomic E-state index is 11.9. The molecular weight excluding hydrogens is 264 g/mol. The van der Waals surface area contributed by atoms with Gasteiger partial charge in [0, 0.05) is 25.2 Å². The average molecular weight is 296 g/mol. The molecule has 1 aliphatic heterocycles. The lowest BCUT2D eigenvalue weighted by Gasteiger charge is -2.47. The van der Waals surface area contributed by atoms with Crippen LogP contribution in [-0.2, 0) is 4.79 Å². The summed E-state index contributed by atoms with van der Waals surface area (Å²) in [4.78, 5) is 16.5. The summed E-state index contributed by atoms with van der Waals surface area (Å²) < 4.78 is 0. The van der Waals surface area contributed by atoms with E-state index in [1.807, 2.05) is 0 Å². The van der Waals surface area contributed by atoms with Crippen LogP contribution in [0, 0.1) is 11.3 Å². The van der Waals surface area contributed by atoms with E-state index in [4.69, 9.17) is 0 Å². The van der Waals surface area contributed by atoms with Crippen LogP contribution in [0.2, 0.25) is 0 Å². The number of hydrogen-bond acceptors (Lipinski definition) is 3. The molecule has 1 saturated carbocycles. The smallest absolute Gasteiger partial charge is 0.321 e. The highest BCUT2D eigenvalue weighted by atomic mass is 16.4. The van der Waals surface area contributed by atoms with Gasteiger partial charge in [0.25, 0.3) is 0 Å². The fourth-order valence-electron chi connectivity index (χ4n) is 4.07. The molecule has 2 fully saturated rings. The molecule has 4 nitrogen and oxygen atoms in total. The van der Waals surface area contributed by atoms with E-state index in [-0.39, 0.29) is 6.04 Å². The molecule has 0 spiro atoms. The van der Waals surface area contributed by atoms with Crippen molar-refractivity contribution >= 4 is 5.97 Å². The van der Waals surface area contributed by atoms with Gasteiger partial charge in [-0.15, -0.1) is 0 Å². The third-order valence-corrected chi connectivity index (χ3v) is 5.86. The zero-order chi connectivity index (χ0) is 15.8. The number of carboxylic acid groups (broad SMARTS) is 1. The molecule has 0 amide bonds. The second kappa shape index (κ2) is 6.25. The first kappa shape index (κ1) is 16.8. The number of hydrogen-bond donors (Lipinski definition) is 1. The number of aliphatic carboxylic acids is 1. The summed E-state index contributed by atoms with van der Waals surface area (Å²) in [6.45, 7) is 10.8. The monoisotopic (exact) mass is 296 g/mol. The van der Waals surface area contributed by atoms with Gasteiger partial charge in [-0.25, -0.2) is 0 Å². The Balaban J connectivity index is 2.08. The van der Waals surface area contributed by atoms with Crippen LogP contribution < -0.4 is 0 Å². The van der Waals surface area contributed by atoms with Crippen LogP contribution in [0.15, 0.2) is 0 Å². The van der Waals surface area contributed by atoms with Gasteiger partial charge in [0.2, 0.25) is 0 Å². The molecule has 1 heterocycles. The van der Waals surface area contributed by atoms with Crippen molar-refractivity contribution in [1.82, 2.24) is 9.80 Å². The van der Waals surface area contributed by atoms with Crippen LogP contribution in [0.5, 0.6) is 0 Å². The van der Waals surface area contributed by atoms with Crippen molar-refractivity contribution in [1.29, 1.82) is 0 Å². The summed E-state index contributed by atoms with van der Waals surface area (Å²) in [6.07, 6.45) is 4.42. The Labute approximate surface area is 129 Å². The van der Waals surface area contributed by atoms with Crippen molar-refractivity contribution < 1.29 is 9.90 Å². The molecule has 1 saturated heterocycles. The van der Waals surface area contributed by atoms with E-state index in [9.17, 15) is 9.90 Å². The van der Waals surface area contributed by atoms with Gasteiger partial charge in [-0.2, -0.15) is 0 Å². The molecule has 122 valence electrons. The molecule has 3 atom stereocenters. The highest BCUT2D eigenvalue weighted by Gasteiger charge is 2.41. The highest BCUT2D eigenvalue weighted by Crippen LogP contribution is 2.40. The van der Waals surface area contributed by atoms with Gasteiger partial charge in [0.1, 0.15) is 6.04 Å². The first-order chi connectivity index (χ1) is 9.71. The normalized spacial score (nSPS) is 33.8. The third kappa shape index (κ3) is 3.78. The van der Waals surface area contributed by atoms with Crippen molar-refractivity contribution in [2.24, 2.45) is 11.3 Å². The lowest BCUT2D eigenvalue weighted by Crippen LogP contribution is -2.60. The average Bonchev–Trinajstić information content (AvgIpc) is 2.37. The molecule has 0 radical (unpaired) electrons. The van der Waals surface area contributed by atoms with Gasteiger partial charge < -0.3 is 5.11 Å². The number of likely N-dealkylation sites (N-methyl/N-ethyl adjacent to an activating group) is 1. The van der Waals surface area contributed by atoms with E-state index in [1.165, 1.54) is 0 Å². The number of carboxylic acids is 1. The van der Waals surface area contributed by atoms with Crippen LogP contribution in [0.1, 0.15) is 53.4 Å². The number of nitrogens with zero attached hydrogens (tertiary/aromatic N) is 2. The molecule has 4 heteroatoms. The molecule has 0 bridgehead atoms. The minimum absolute atomic E-state index is 0.292. The van der Waals surface area contributed by atoms with Crippen LogP contribution in [-0.4, -0.2) is 59.1 Å². The van der Waals surface area contributed by atoms with E-state index in [1.54, 1.807) is 0 Å². The number of piperazine rings is 1. The molecule has 2 aliphatic rings. The highest BCUT2D eigenvalue weighted by molar-refractivity contribution is 5.74. The second-order valence-corrected chi connectivity index (χ2v) is 8.10. The molecule has 0 aromatic carbocycles. The SMILES string of the molecule is C[C@@H]1CN(C(C(=O)O)C2CCC(C)(C)CC2)C[C@H](C)N1C. The van der Waals surface area contributed by atoms with Crippen molar-refractivity contribution in [2.45, 2.75) is 71.5 Å². The Morgan fingerprint density at radius 2 is 1.62 bits per heavy atom. The Morgan fingerprint density at radius 3 is 2.05 bits per heavy atom. The van der Waals surface area contributed by atoms with E-state index >= 15 is 0 Å². The van der Waals surface area contributed by atoms with Crippen LogP contribution >= 0.6 is 0 Å². The standard InChI is InChI=1S/C17H32N2O2/c1-12-10-19(11-13(2)18(12)5)15(16(20)21)14-6-8-17(3,4)9-7-14/h12-15H,6-11H2,1-5H3,(H,20,21)/t12-,13+,15?. The van der Waals surface area contributed by atoms with Crippen LogP contribution in [0.25, 0.3) is 0 Å². The topological polar surface area (TPSA) is 43.8 Å². The first-order valence-corrected chi connectivity index (χ1v) is 8.40. The van der Waals surface area contributed by atoms with Gasteiger partial charge in [-0.3, -0.25) is 14.6 Å². The minimum atomic E-state index is -0.622. The van der Waals surface area contributed by atoms with Crippen molar-refractivity contribution in [3.8, 4) is 0 Å². The first-order valence-electron chi connectivity index (χ1n) is 8.40. The maximum Gasteiger partial charge on any atom is 0.321 e. The van der Waals surface area contributed by atoms with Crippen molar-refractivity contribution in [2.75, 3.05) is 20.1 Å². The lowest BCUT2D eigenvalue weighted by molar-refractivity contribution is -0.148. The summed E-state index contributed by atoms with van der Waals surface area (Å²) in [6, 6.07) is 0.561.